The highest BCUT2D eigenvalue weighted by Gasteiger charge is 2.29. The van der Waals surface area contributed by atoms with Crippen LogP contribution in [0.15, 0.2) is 36.4 Å². The number of benzene rings is 2. The van der Waals surface area contributed by atoms with Crippen molar-refractivity contribution in [1.82, 2.24) is 4.90 Å². The van der Waals surface area contributed by atoms with Gasteiger partial charge in [0, 0.05) is 24.3 Å². The van der Waals surface area contributed by atoms with Gasteiger partial charge in [0.25, 0.3) is 0 Å². The summed E-state index contributed by atoms with van der Waals surface area (Å²) in [5.41, 5.74) is 1.17. The van der Waals surface area contributed by atoms with Crippen molar-refractivity contribution in [2.24, 2.45) is 0 Å². The molecule has 0 N–H and O–H groups in total. The first-order valence-corrected chi connectivity index (χ1v) is 8.14. The molecule has 26 heavy (non-hydrogen) atoms. The Hall–Kier alpha value is -2.83. The molecular formula is C19H17F3N2O2. The predicted octanol–water partition coefficient (Wildman–Crippen LogP) is 2.83. The highest BCUT2D eigenvalue weighted by molar-refractivity contribution is 5.98. The average Bonchev–Trinajstić information content (AvgIpc) is 2.62. The van der Waals surface area contributed by atoms with E-state index in [1.54, 1.807) is 4.90 Å². The lowest BCUT2D eigenvalue weighted by Crippen LogP contribution is -2.52. The SMILES string of the molecule is Cc1ccc(N2CCN(C(=O)Cc3c(F)ccc(F)c3F)CC2=O)cc1. The van der Waals surface area contributed by atoms with Crippen LogP contribution >= 0.6 is 0 Å². The third-order valence-electron chi connectivity index (χ3n) is 4.39. The zero-order valence-electron chi connectivity index (χ0n) is 14.1. The van der Waals surface area contributed by atoms with Crippen LogP contribution in [0.1, 0.15) is 11.1 Å². The topological polar surface area (TPSA) is 40.6 Å². The Morgan fingerprint density at radius 2 is 1.65 bits per heavy atom. The summed E-state index contributed by atoms with van der Waals surface area (Å²) in [6, 6.07) is 8.86. The highest BCUT2D eigenvalue weighted by atomic mass is 19.2. The Balaban J connectivity index is 1.69. The van der Waals surface area contributed by atoms with E-state index >= 15 is 0 Å². The van der Waals surface area contributed by atoms with E-state index in [-0.39, 0.29) is 25.5 Å². The molecule has 0 radical (unpaired) electrons. The van der Waals surface area contributed by atoms with E-state index in [9.17, 15) is 22.8 Å². The van der Waals surface area contributed by atoms with Crippen molar-refractivity contribution in [1.29, 1.82) is 0 Å². The molecule has 1 aliphatic rings. The number of piperazine rings is 1. The number of carbonyl (C=O) groups excluding carboxylic acids is 2. The van der Waals surface area contributed by atoms with Crippen LogP contribution in [0.5, 0.6) is 0 Å². The van der Waals surface area contributed by atoms with Crippen molar-refractivity contribution < 1.29 is 22.8 Å². The van der Waals surface area contributed by atoms with E-state index in [2.05, 4.69) is 0 Å². The van der Waals surface area contributed by atoms with Crippen molar-refractivity contribution in [3.05, 3.63) is 65.0 Å². The second-order valence-electron chi connectivity index (χ2n) is 6.19. The van der Waals surface area contributed by atoms with Gasteiger partial charge in [-0.1, -0.05) is 17.7 Å². The molecule has 2 aromatic carbocycles. The van der Waals surface area contributed by atoms with Gasteiger partial charge in [0.2, 0.25) is 11.8 Å². The summed E-state index contributed by atoms with van der Waals surface area (Å²) >= 11 is 0. The molecule has 0 bridgehead atoms. The van der Waals surface area contributed by atoms with Crippen LogP contribution in [0.4, 0.5) is 18.9 Å². The van der Waals surface area contributed by atoms with Crippen LogP contribution < -0.4 is 4.90 Å². The van der Waals surface area contributed by atoms with E-state index in [1.165, 1.54) is 4.90 Å². The maximum atomic E-state index is 13.7. The molecule has 2 aromatic rings. The summed E-state index contributed by atoms with van der Waals surface area (Å²) in [5.74, 6) is -4.47. The molecule has 0 aliphatic carbocycles. The summed E-state index contributed by atoms with van der Waals surface area (Å²) in [7, 11) is 0. The first-order chi connectivity index (χ1) is 12.4. The molecule has 0 saturated carbocycles. The molecule has 0 aromatic heterocycles. The smallest absolute Gasteiger partial charge is 0.246 e. The number of halogens is 3. The molecule has 1 saturated heterocycles. The summed E-state index contributed by atoms with van der Waals surface area (Å²) in [6.45, 7) is 2.26. The first-order valence-electron chi connectivity index (χ1n) is 8.14. The number of hydrogen-bond donors (Lipinski definition) is 0. The molecule has 4 nitrogen and oxygen atoms in total. The van der Waals surface area contributed by atoms with Gasteiger partial charge in [-0.2, -0.15) is 0 Å². The van der Waals surface area contributed by atoms with Gasteiger partial charge >= 0.3 is 0 Å². The van der Waals surface area contributed by atoms with Gasteiger partial charge < -0.3 is 9.80 Å². The Morgan fingerprint density at radius 3 is 2.31 bits per heavy atom. The van der Waals surface area contributed by atoms with Gasteiger partial charge in [0.1, 0.15) is 12.4 Å². The van der Waals surface area contributed by atoms with Gasteiger partial charge in [-0.05, 0) is 31.2 Å². The number of anilines is 1. The lowest BCUT2D eigenvalue weighted by atomic mass is 10.1. The molecule has 0 unspecified atom stereocenters. The standard InChI is InChI=1S/C19H17F3N2O2/c1-12-2-4-13(5-3-12)24-9-8-23(11-18(24)26)17(25)10-14-15(20)6-7-16(21)19(14)22/h2-7H,8-11H2,1H3. The van der Waals surface area contributed by atoms with Gasteiger partial charge in [-0.15, -0.1) is 0 Å². The van der Waals surface area contributed by atoms with Gasteiger partial charge in [-0.3, -0.25) is 9.59 Å². The monoisotopic (exact) mass is 362 g/mol. The van der Waals surface area contributed by atoms with Gasteiger partial charge in [0.05, 0.1) is 6.42 Å². The summed E-state index contributed by atoms with van der Waals surface area (Å²) in [4.78, 5) is 27.5. The fraction of sp³-hybridized carbons (Fsp3) is 0.263. The maximum absolute atomic E-state index is 13.7. The van der Waals surface area contributed by atoms with Gasteiger partial charge in [0.15, 0.2) is 11.6 Å². The molecule has 0 spiro atoms. The van der Waals surface area contributed by atoms with Crippen molar-refractivity contribution >= 4 is 17.5 Å². The molecule has 3 rings (SSSR count). The van der Waals surface area contributed by atoms with Crippen molar-refractivity contribution in [3.63, 3.8) is 0 Å². The summed E-state index contributed by atoms with van der Waals surface area (Å²) in [5, 5.41) is 0. The van der Waals surface area contributed by atoms with Gasteiger partial charge in [-0.25, -0.2) is 13.2 Å². The number of carbonyl (C=O) groups is 2. The minimum Gasteiger partial charge on any atom is -0.331 e. The Morgan fingerprint density at radius 1 is 1.00 bits per heavy atom. The van der Waals surface area contributed by atoms with E-state index < -0.39 is 35.3 Å². The van der Waals surface area contributed by atoms with Crippen LogP contribution in [0, 0.1) is 24.4 Å². The Labute approximate surface area is 148 Å². The second kappa shape index (κ2) is 7.19. The molecule has 1 fully saturated rings. The third kappa shape index (κ3) is 3.56. The highest BCUT2D eigenvalue weighted by Crippen LogP contribution is 2.20. The van der Waals surface area contributed by atoms with Crippen molar-refractivity contribution in [2.75, 3.05) is 24.5 Å². The average molecular weight is 362 g/mol. The quantitative estimate of drug-likeness (QED) is 0.788. The van der Waals surface area contributed by atoms with Crippen LogP contribution in [-0.4, -0.2) is 36.3 Å². The first kappa shape index (κ1) is 18.0. The van der Waals surface area contributed by atoms with E-state index in [0.717, 1.165) is 17.3 Å². The van der Waals surface area contributed by atoms with Crippen LogP contribution in [-0.2, 0) is 16.0 Å². The number of amides is 2. The van der Waals surface area contributed by atoms with Crippen LogP contribution in [0.2, 0.25) is 0 Å². The zero-order valence-corrected chi connectivity index (χ0v) is 14.1. The number of hydrogen-bond acceptors (Lipinski definition) is 2. The number of nitrogens with zero attached hydrogens (tertiary/aromatic N) is 2. The molecule has 7 heteroatoms. The fourth-order valence-electron chi connectivity index (χ4n) is 2.88. The molecule has 1 aliphatic heterocycles. The minimum absolute atomic E-state index is 0.189. The molecule has 1 heterocycles. The predicted molar refractivity (Wildman–Crippen MR) is 90.1 cm³/mol. The van der Waals surface area contributed by atoms with E-state index in [4.69, 9.17) is 0 Å². The Kier molecular flexibility index (Phi) is 4.97. The Bertz CT molecular complexity index is 853. The zero-order chi connectivity index (χ0) is 18.8. The molecule has 2 amide bonds. The minimum atomic E-state index is -1.37. The molecule has 0 atom stereocenters. The molecule has 136 valence electrons. The lowest BCUT2D eigenvalue weighted by molar-refractivity contribution is -0.136. The maximum Gasteiger partial charge on any atom is 0.246 e. The van der Waals surface area contributed by atoms with Crippen LogP contribution in [0.25, 0.3) is 0 Å². The summed E-state index contributed by atoms with van der Waals surface area (Å²) < 4.78 is 40.7. The van der Waals surface area contributed by atoms with Crippen molar-refractivity contribution in [2.45, 2.75) is 13.3 Å². The second-order valence-corrected chi connectivity index (χ2v) is 6.19. The fourth-order valence-corrected chi connectivity index (χ4v) is 2.88. The van der Waals surface area contributed by atoms with Crippen molar-refractivity contribution in [3.8, 4) is 0 Å². The van der Waals surface area contributed by atoms with E-state index in [1.807, 2.05) is 31.2 Å². The largest absolute Gasteiger partial charge is 0.331 e. The lowest BCUT2D eigenvalue weighted by Gasteiger charge is -2.34. The normalized spacial score (nSPS) is 14.7. The van der Waals surface area contributed by atoms with Crippen LogP contribution in [0.3, 0.4) is 0 Å². The molecular weight excluding hydrogens is 345 g/mol. The van der Waals surface area contributed by atoms with E-state index in [0.29, 0.717) is 6.07 Å². The number of aryl methyl sites for hydroxylation is 1. The number of rotatable bonds is 3. The third-order valence-corrected chi connectivity index (χ3v) is 4.39. The summed E-state index contributed by atoms with van der Waals surface area (Å²) in [6.07, 6.45) is -0.632.